The zero-order chi connectivity index (χ0) is 14.9. The molecule has 1 aromatic heterocycles. The minimum absolute atomic E-state index is 0.109. The molecule has 0 bridgehead atoms. The molecule has 108 valence electrons. The average Bonchev–Trinajstić information content (AvgIpc) is 3.00. The lowest BCUT2D eigenvalue weighted by atomic mass is 10.0. The molecule has 4 nitrogen and oxygen atoms in total. The Hall–Kier alpha value is -2.88. The highest BCUT2D eigenvalue weighted by molar-refractivity contribution is 6.05. The number of carbonyl (C=O) groups is 1. The molecule has 0 unspecified atom stereocenters. The van der Waals surface area contributed by atoms with Crippen LogP contribution in [0.1, 0.15) is 5.56 Å². The van der Waals surface area contributed by atoms with E-state index in [1.165, 1.54) is 16.3 Å². The van der Waals surface area contributed by atoms with Gasteiger partial charge in [-0.25, -0.2) is 4.79 Å². The van der Waals surface area contributed by atoms with Crippen molar-refractivity contribution in [2.75, 3.05) is 16.8 Å². The van der Waals surface area contributed by atoms with Gasteiger partial charge in [-0.05, 0) is 41.0 Å². The first-order valence-corrected chi connectivity index (χ1v) is 7.32. The molecule has 22 heavy (non-hydrogen) atoms. The van der Waals surface area contributed by atoms with E-state index in [4.69, 9.17) is 0 Å². The predicted molar refractivity (Wildman–Crippen MR) is 88.3 cm³/mol. The third kappa shape index (κ3) is 2.09. The van der Waals surface area contributed by atoms with Crippen LogP contribution in [0.4, 0.5) is 16.2 Å². The number of hydrogen-bond acceptors (Lipinski definition) is 2. The average molecular weight is 289 g/mol. The van der Waals surface area contributed by atoms with Crippen molar-refractivity contribution in [3.63, 3.8) is 0 Å². The summed E-state index contributed by atoms with van der Waals surface area (Å²) in [5, 5.41) is 5.35. The summed E-state index contributed by atoms with van der Waals surface area (Å²) in [6.07, 6.45) is 4.22. The molecule has 0 fully saturated rings. The van der Waals surface area contributed by atoms with Crippen LogP contribution in [0.3, 0.4) is 0 Å². The first kappa shape index (κ1) is 12.8. The van der Waals surface area contributed by atoms with E-state index in [1.807, 2.05) is 24.3 Å². The summed E-state index contributed by atoms with van der Waals surface area (Å²) >= 11 is 0. The van der Waals surface area contributed by atoms with E-state index >= 15 is 0 Å². The number of amides is 2. The first-order valence-electron chi connectivity index (χ1n) is 7.32. The minimum Gasteiger partial charge on any atom is -0.306 e. The Morgan fingerprint density at radius 2 is 2.00 bits per heavy atom. The maximum atomic E-state index is 12.5. The molecule has 2 amide bonds. The van der Waals surface area contributed by atoms with Gasteiger partial charge in [0.1, 0.15) is 0 Å². The highest BCUT2D eigenvalue weighted by Gasteiger charge is 2.26. The fourth-order valence-electron chi connectivity index (χ4n) is 3.02. The second-order valence-corrected chi connectivity index (χ2v) is 5.36. The van der Waals surface area contributed by atoms with E-state index in [2.05, 4.69) is 28.5 Å². The smallest absolute Gasteiger partial charge is 0.306 e. The quantitative estimate of drug-likeness (QED) is 0.740. The lowest BCUT2D eigenvalue weighted by Crippen LogP contribution is -2.33. The standard InChI is InChI=1S/C18H15N3O/c22-18(20-14-5-3-10-19-12-14)21-11-9-16-15-6-2-1-4-13(15)7-8-17(16)21/h1-8,10,12H,9,11H2,(H,20,22). The molecule has 2 aromatic carbocycles. The number of aromatic nitrogens is 1. The molecule has 1 aliphatic heterocycles. The number of nitrogens with one attached hydrogen (secondary N) is 1. The van der Waals surface area contributed by atoms with Gasteiger partial charge in [-0.3, -0.25) is 9.88 Å². The molecule has 0 spiro atoms. The van der Waals surface area contributed by atoms with Gasteiger partial charge in [-0.2, -0.15) is 0 Å². The second kappa shape index (κ2) is 5.15. The number of benzene rings is 2. The van der Waals surface area contributed by atoms with E-state index < -0.39 is 0 Å². The van der Waals surface area contributed by atoms with Crippen molar-refractivity contribution >= 4 is 28.2 Å². The number of carbonyl (C=O) groups excluding carboxylic acids is 1. The van der Waals surface area contributed by atoms with Crippen LogP contribution in [0.25, 0.3) is 10.8 Å². The van der Waals surface area contributed by atoms with E-state index in [0.717, 1.165) is 12.1 Å². The topological polar surface area (TPSA) is 45.2 Å². The number of pyridine rings is 1. The van der Waals surface area contributed by atoms with Gasteiger partial charge in [-0.15, -0.1) is 0 Å². The minimum atomic E-state index is -0.109. The van der Waals surface area contributed by atoms with Crippen LogP contribution in [0.5, 0.6) is 0 Å². The van der Waals surface area contributed by atoms with Gasteiger partial charge in [0, 0.05) is 18.4 Å². The Labute approximate surface area is 128 Å². The molecule has 0 atom stereocenters. The molecule has 2 heterocycles. The lowest BCUT2D eigenvalue weighted by Gasteiger charge is -2.18. The summed E-state index contributed by atoms with van der Waals surface area (Å²) < 4.78 is 0. The van der Waals surface area contributed by atoms with Crippen molar-refractivity contribution in [3.8, 4) is 0 Å². The van der Waals surface area contributed by atoms with Crippen LogP contribution in [-0.4, -0.2) is 17.6 Å². The Balaban J connectivity index is 1.67. The lowest BCUT2D eigenvalue weighted by molar-refractivity contribution is 0.257. The largest absolute Gasteiger partial charge is 0.326 e. The molecule has 1 aliphatic rings. The molecule has 0 saturated carbocycles. The predicted octanol–water partition coefficient (Wildman–Crippen LogP) is 3.83. The molecular weight excluding hydrogens is 274 g/mol. The molecule has 0 radical (unpaired) electrons. The Morgan fingerprint density at radius 1 is 1.09 bits per heavy atom. The molecule has 3 aromatic rings. The van der Waals surface area contributed by atoms with Crippen molar-refractivity contribution < 1.29 is 4.79 Å². The number of nitrogens with zero attached hydrogens (tertiary/aromatic N) is 2. The SMILES string of the molecule is O=C(Nc1cccnc1)N1CCc2c1ccc1ccccc21. The molecule has 4 rings (SSSR count). The summed E-state index contributed by atoms with van der Waals surface area (Å²) in [7, 11) is 0. The molecule has 1 N–H and O–H groups in total. The van der Waals surface area contributed by atoms with Crippen LogP contribution >= 0.6 is 0 Å². The molecule has 4 heteroatoms. The summed E-state index contributed by atoms with van der Waals surface area (Å²) in [4.78, 5) is 18.3. The first-order chi connectivity index (χ1) is 10.8. The third-order valence-electron chi connectivity index (χ3n) is 4.05. The number of urea groups is 1. The van der Waals surface area contributed by atoms with Crippen molar-refractivity contribution in [2.45, 2.75) is 6.42 Å². The van der Waals surface area contributed by atoms with E-state index in [9.17, 15) is 4.79 Å². The van der Waals surface area contributed by atoms with Gasteiger partial charge < -0.3 is 5.32 Å². The Bertz CT molecular complexity index is 845. The van der Waals surface area contributed by atoms with Crippen LogP contribution in [0.2, 0.25) is 0 Å². The van der Waals surface area contributed by atoms with E-state index in [-0.39, 0.29) is 6.03 Å². The van der Waals surface area contributed by atoms with Crippen molar-refractivity contribution in [3.05, 3.63) is 66.5 Å². The number of rotatable bonds is 1. The summed E-state index contributed by atoms with van der Waals surface area (Å²) in [5.74, 6) is 0. The molecule has 0 aliphatic carbocycles. The van der Waals surface area contributed by atoms with Gasteiger partial charge in [0.05, 0.1) is 11.9 Å². The summed E-state index contributed by atoms with van der Waals surface area (Å²) in [5.41, 5.74) is 2.96. The van der Waals surface area contributed by atoms with Crippen molar-refractivity contribution in [2.24, 2.45) is 0 Å². The summed E-state index contributed by atoms with van der Waals surface area (Å²) in [6.45, 7) is 0.704. The van der Waals surface area contributed by atoms with Gasteiger partial charge >= 0.3 is 6.03 Å². The fraction of sp³-hybridized carbons (Fsp3) is 0.111. The van der Waals surface area contributed by atoms with E-state index in [1.54, 1.807) is 23.4 Å². The molecule has 0 saturated heterocycles. The highest BCUT2D eigenvalue weighted by atomic mass is 16.2. The zero-order valence-electron chi connectivity index (χ0n) is 12.0. The van der Waals surface area contributed by atoms with Crippen LogP contribution < -0.4 is 10.2 Å². The number of anilines is 2. The van der Waals surface area contributed by atoms with Gasteiger partial charge in [0.25, 0.3) is 0 Å². The van der Waals surface area contributed by atoms with Crippen molar-refractivity contribution in [1.82, 2.24) is 4.98 Å². The van der Waals surface area contributed by atoms with E-state index in [0.29, 0.717) is 12.2 Å². The third-order valence-corrected chi connectivity index (χ3v) is 4.05. The van der Waals surface area contributed by atoms with Gasteiger partial charge in [0.2, 0.25) is 0 Å². The zero-order valence-corrected chi connectivity index (χ0v) is 12.0. The van der Waals surface area contributed by atoms with Gasteiger partial charge in [0.15, 0.2) is 0 Å². The maximum absolute atomic E-state index is 12.5. The highest BCUT2D eigenvalue weighted by Crippen LogP contribution is 2.34. The molecular formula is C18H15N3O. The normalized spacial score (nSPS) is 13.2. The Morgan fingerprint density at radius 3 is 2.86 bits per heavy atom. The van der Waals surface area contributed by atoms with Crippen LogP contribution in [0.15, 0.2) is 60.9 Å². The number of fused-ring (bicyclic) bond motifs is 3. The van der Waals surface area contributed by atoms with Crippen LogP contribution in [0, 0.1) is 0 Å². The fourth-order valence-corrected chi connectivity index (χ4v) is 3.02. The maximum Gasteiger partial charge on any atom is 0.326 e. The number of hydrogen-bond donors (Lipinski definition) is 1. The van der Waals surface area contributed by atoms with Gasteiger partial charge in [-0.1, -0.05) is 30.3 Å². The Kier molecular flexibility index (Phi) is 3.00. The van der Waals surface area contributed by atoms with Crippen molar-refractivity contribution in [1.29, 1.82) is 0 Å². The van der Waals surface area contributed by atoms with Crippen LogP contribution in [-0.2, 0) is 6.42 Å². The monoisotopic (exact) mass is 289 g/mol. The second-order valence-electron chi connectivity index (χ2n) is 5.36. The summed E-state index contributed by atoms with van der Waals surface area (Å²) in [6, 6.07) is 15.9.